The molecular weight excluding hydrogens is 212 g/mol. The molecule has 90 valence electrons. The third-order valence-corrected chi connectivity index (χ3v) is 1.93. The van der Waals surface area contributed by atoms with Crippen LogP contribution in [0.5, 0.6) is 5.75 Å². The molecule has 0 radical (unpaired) electrons. The van der Waals surface area contributed by atoms with E-state index in [1.54, 1.807) is 0 Å². The minimum atomic E-state index is 0.564. The fourth-order valence-corrected chi connectivity index (χ4v) is 1.15. The Bertz CT molecular complexity index is 389. The Labute approximate surface area is 102 Å². The molecule has 0 saturated heterocycles. The van der Waals surface area contributed by atoms with Gasteiger partial charge < -0.3 is 16.2 Å². The van der Waals surface area contributed by atoms with Gasteiger partial charge in [-0.05, 0) is 24.3 Å². The van der Waals surface area contributed by atoms with Crippen molar-refractivity contribution in [2.75, 3.05) is 18.9 Å². The summed E-state index contributed by atoms with van der Waals surface area (Å²) in [7, 11) is 0. The zero-order chi connectivity index (χ0) is 12.3. The lowest BCUT2D eigenvalue weighted by molar-refractivity contribution is 0.328. The van der Waals surface area contributed by atoms with Crippen LogP contribution < -0.4 is 16.2 Å². The van der Waals surface area contributed by atoms with Crippen LogP contribution in [-0.4, -0.2) is 13.2 Å². The monoisotopic (exact) mass is 230 g/mol. The molecule has 0 bridgehead atoms. The molecule has 0 unspecified atom stereocenters. The Balaban J connectivity index is 0.000000181. The first kappa shape index (κ1) is 13.1. The Morgan fingerprint density at radius 3 is 1.76 bits per heavy atom. The number of nitrogens with two attached hydrogens (primary N) is 2. The molecular formula is C14H18N2O. The molecule has 3 nitrogen and oxygen atoms in total. The normalized spacial score (nSPS) is 9.00. The van der Waals surface area contributed by atoms with E-state index in [4.69, 9.17) is 16.2 Å². The van der Waals surface area contributed by atoms with Crippen molar-refractivity contribution in [2.24, 2.45) is 5.73 Å². The average Bonchev–Trinajstić information content (AvgIpc) is 2.39. The summed E-state index contributed by atoms with van der Waals surface area (Å²) >= 11 is 0. The maximum Gasteiger partial charge on any atom is 0.119 e. The van der Waals surface area contributed by atoms with Crippen molar-refractivity contribution in [3.05, 3.63) is 60.7 Å². The summed E-state index contributed by atoms with van der Waals surface area (Å²) in [5.74, 6) is 0.882. The molecule has 3 heteroatoms. The van der Waals surface area contributed by atoms with Gasteiger partial charge in [0.1, 0.15) is 12.4 Å². The minimum absolute atomic E-state index is 0.564. The number of nitrogen functional groups attached to an aromatic ring is 1. The maximum absolute atomic E-state index is 5.36. The fraction of sp³-hybridized carbons (Fsp3) is 0.143. The molecule has 2 aromatic rings. The third-order valence-electron chi connectivity index (χ3n) is 1.93. The third kappa shape index (κ3) is 6.22. The lowest BCUT2D eigenvalue weighted by Crippen LogP contribution is -2.10. The van der Waals surface area contributed by atoms with Gasteiger partial charge in [0.15, 0.2) is 0 Å². The van der Waals surface area contributed by atoms with Crippen LogP contribution in [0.2, 0.25) is 0 Å². The SMILES string of the molecule is NCCOc1ccccc1.Nc1ccccc1. The van der Waals surface area contributed by atoms with E-state index in [0.717, 1.165) is 11.4 Å². The summed E-state index contributed by atoms with van der Waals surface area (Å²) in [6.07, 6.45) is 0. The molecule has 4 N–H and O–H groups in total. The second-order valence-electron chi connectivity index (χ2n) is 3.36. The van der Waals surface area contributed by atoms with Crippen molar-refractivity contribution in [3.63, 3.8) is 0 Å². The highest BCUT2D eigenvalue weighted by molar-refractivity contribution is 5.35. The van der Waals surface area contributed by atoms with Crippen molar-refractivity contribution in [1.29, 1.82) is 0 Å². The van der Waals surface area contributed by atoms with Gasteiger partial charge >= 0.3 is 0 Å². The number of ether oxygens (including phenoxy) is 1. The number of anilines is 1. The summed E-state index contributed by atoms with van der Waals surface area (Å²) in [6, 6.07) is 19.1. The summed E-state index contributed by atoms with van der Waals surface area (Å²) in [4.78, 5) is 0. The van der Waals surface area contributed by atoms with Gasteiger partial charge in [-0.15, -0.1) is 0 Å². The Morgan fingerprint density at radius 2 is 1.35 bits per heavy atom. The Hall–Kier alpha value is -2.00. The van der Waals surface area contributed by atoms with E-state index in [2.05, 4.69) is 0 Å². The van der Waals surface area contributed by atoms with E-state index < -0.39 is 0 Å². The smallest absolute Gasteiger partial charge is 0.119 e. The summed E-state index contributed by atoms with van der Waals surface area (Å²) in [5.41, 5.74) is 11.4. The predicted molar refractivity (Wildman–Crippen MR) is 71.8 cm³/mol. The molecule has 0 aliphatic rings. The van der Waals surface area contributed by atoms with E-state index in [0.29, 0.717) is 13.2 Å². The van der Waals surface area contributed by atoms with Gasteiger partial charge in [0, 0.05) is 12.2 Å². The topological polar surface area (TPSA) is 61.3 Å². The molecule has 17 heavy (non-hydrogen) atoms. The molecule has 0 aromatic heterocycles. The first-order valence-corrected chi connectivity index (χ1v) is 5.51. The van der Waals surface area contributed by atoms with E-state index in [9.17, 15) is 0 Å². The van der Waals surface area contributed by atoms with Crippen LogP contribution in [0, 0.1) is 0 Å². The van der Waals surface area contributed by atoms with Crippen LogP contribution in [0.4, 0.5) is 5.69 Å². The molecule has 0 atom stereocenters. The summed E-state index contributed by atoms with van der Waals surface area (Å²) in [6.45, 7) is 1.15. The molecule has 0 amide bonds. The highest BCUT2D eigenvalue weighted by Gasteiger charge is 1.86. The minimum Gasteiger partial charge on any atom is -0.492 e. The van der Waals surface area contributed by atoms with Crippen molar-refractivity contribution in [3.8, 4) is 5.75 Å². The highest BCUT2D eigenvalue weighted by Crippen LogP contribution is 2.06. The number of para-hydroxylation sites is 2. The molecule has 0 aliphatic carbocycles. The fourth-order valence-electron chi connectivity index (χ4n) is 1.15. The Kier molecular flexibility index (Phi) is 6.29. The number of rotatable bonds is 3. The lowest BCUT2D eigenvalue weighted by atomic mass is 10.3. The molecule has 0 saturated carbocycles. The van der Waals surface area contributed by atoms with Crippen molar-refractivity contribution < 1.29 is 4.74 Å². The van der Waals surface area contributed by atoms with E-state index in [1.165, 1.54) is 0 Å². The van der Waals surface area contributed by atoms with Crippen LogP contribution in [0.25, 0.3) is 0 Å². The van der Waals surface area contributed by atoms with Crippen LogP contribution in [0.3, 0.4) is 0 Å². The second-order valence-corrected chi connectivity index (χ2v) is 3.36. The van der Waals surface area contributed by atoms with E-state index in [-0.39, 0.29) is 0 Å². The van der Waals surface area contributed by atoms with Gasteiger partial charge in [-0.2, -0.15) is 0 Å². The molecule has 0 fully saturated rings. The van der Waals surface area contributed by atoms with Gasteiger partial charge in [0.05, 0.1) is 0 Å². The average molecular weight is 230 g/mol. The van der Waals surface area contributed by atoms with Crippen LogP contribution in [0.15, 0.2) is 60.7 Å². The highest BCUT2D eigenvalue weighted by atomic mass is 16.5. The van der Waals surface area contributed by atoms with Gasteiger partial charge in [-0.25, -0.2) is 0 Å². The summed E-state index contributed by atoms with van der Waals surface area (Å²) in [5, 5.41) is 0. The number of hydrogen-bond acceptors (Lipinski definition) is 3. The van der Waals surface area contributed by atoms with Crippen molar-refractivity contribution >= 4 is 5.69 Å². The van der Waals surface area contributed by atoms with Crippen LogP contribution in [0.1, 0.15) is 0 Å². The van der Waals surface area contributed by atoms with Crippen LogP contribution >= 0.6 is 0 Å². The van der Waals surface area contributed by atoms with Gasteiger partial charge in [-0.3, -0.25) is 0 Å². The van der Waals surface area contributed by atoms with Gasteiger partial charge in [0.2, 0.25) is 0 Å². The second kappa shape index (κ2) is 8.19. The molecule has 0 aliphatic heterocycles. The van der Waals surface area contributed by atoms with Crippen molar-refractivity contribution in [1.82, 2.24) is 0 Å². The number of hydrogen-bond donors (Lipinski definition) is 2. The molecule has 0 spiro atoms. The van der Waals surface area contributed by atoms with Crippen molar-refractivity contribution in [2.45, 2.75) is 0 Å². The lowest BCUT2D eigenvalue weighted by Gasteiger charge is -2.01. The van der Waals surface area contributed by atoms with Gasteiger partial charge in [0.25, 0.3) is 0 Å². The number of benzene rings is 2. The van der Waals surface area contributed by atoms with Gasteiger partial charge in [-0.1, -0.05) is 36.4 Å². The van der Waals surface area contributed by atoms with Crippen LogP contribution in [-0.2, 0) is 0 Å². The standard InChI is InChI=1S/C8H11NO.C6H7N/c9-6-7-10-8-4-2-1-3-5-8;7-6-4-2-1-3-5-6/h1-5H,6-7,9H2;1-5H,7H2. The first-order chi connectivity index (χ1) is 8.33. The largest absolute Gasteiger partial charge is 0.492 e. The first-order valence-electron chi connectivity index (χ1n) is 5.51. The molecule has 0 heterocycles. The summed E-state index contributed by atoms with van der Waals surface area (Å²) < 4.78 is 5.23. The molecule has 2 rings (SSSR count). The Morgan fingerprint density at radius 1 is 0.824 bits per heavy atom. The zero-order valence-corrected chi connectivity index (χ0v) is 9.75. The van der Waals surface area contributed by atoms with E-state index >= 15 is 0 Å². The molecule has 2 aromatic carbocycles. The van der Waals surface area contributed by atoms with E-state index in [1.807, 2.05) is 60.7 Å². The predicted octanol–water partition coefficient (Wildman–Crippen LogP) is 2.29. The quantitative estimate of drug-likeness (QED) is 0.795. The zero-order valence-electron chi connectivity index (χ0n) is 9.75. The maximum atomic E-state index is 5.36.